The van der Waals surface area contributed by atoms with Crippen molar-refractivity contribution < 1.29 is 187 Å². The van der Waals surface area contributed by atoms with Crippen LogP contribution in [0.15, 0.2) is 69.9 Å². The Balaban J connectivity index is -0.000000239. The van der Waals surface area contributed by atoms with Crippen LogP contribution >= 0.6 is 0 Å². The van der Waals surface area contributed by atoms with Crippen LogP contribution in [0, 0.1) is 0 Å². The minimum absolute atomic E-state index is 0. The predicted octanol–water partition coefficient (Wildman–Crippen LogP) is 4.96. The van der Waals surface area contributed by atoms with Crippen molar-refractivity contribution in [3.8, 4) is 17.2 Å². The van der Waals surface area contributed by atoms with Gasteiger partial charge in [0.2, 0.25) is 16.6 Å². The Labute approximate surface area is 465 Å². The van der Waals surface area contributed by atoms with E-state index in [1.54, 1.807) is 24.3 Å². The van der Waals surface area contributed by atoms with Gasteiger partial charge in [0.15, 0.2) is 0 Å². The number of aromatic hydroxyl groups is 1. The van der Waals surface area contributed by atoms with Gasteiger partial charge in [0, 0.05) is 25.9 Å². The maximum atomic E-state index is 11.5. The van der Waals surface area contributed by atoms with Crippen molar-refractivity contribution in [3.63, 3.8) is 0 Å². The molecule has 0 unspecified atom stereocenters. The summed E-state index contributed by atoms with van der Waals surface area (Å²) < 4.78 is 16.9. The Morgan fingerprint density at radius 3 is 1.42 bits per heavy atom. The van der Waals surface area contributed by atoms with Crippen molar-refractivity contribution in [2.75, 3.05) is 7.11 Å². The van der Waals surface area contributed by atoms with E-state index in [1.165, 1.54) is 37.4 Å². The van der Waals surface area contributed by atoms with Crippen molar-refractivity contribution in [1.29, 1.82) is 0 Å². The largest absolute Gasteiger partial charge is 1.00 e. The summed E-state index contributed by atoms with van der Waals surface area (Å²) in [6, 6.07) is 13.7. The molecule has 0 aliphatic rings. The van der Waals surface area contributed by atoms with Crippen molar-refractivity contribution in [1.82, 2.24) is 0 Å². The summed E-state index contributed by atoms with van der Waals surface area (Å²) in [4.78, 5) is 51.9. The molecule has 0 amide bonds. The number of nitrogens with zero attached hydrogens (tertiary/aromatic N) is 9. The summed E-state index contributed by atoms with van der Waals surface area (Å²) in [6.45, 7) is 21.0. The fourth-order valence-corrected chi connectivity index (χ4v) is 5.45. The molecule has 0 aliphatic heterocycles. The molecule has 0 spiro atoms. The first kappa shape index (κ1) is 63.4. The summed E-state index contributed by atoms with van der Waals surface area (Å²) in [5.74, 6) is 0.406. The smallest absolute Gasteiger partial charge is 1.00 e. The maximum absolute atomic E-state index is 11.5. The van der Waals surface area contributed by atoms with Crippen LogP contribution in [0.4, 0.5) is 17.1 Å². The third-order valence-electron chi connectivity index (χ3n) is 8.47. The molecule has 0 atom stereocenters. The fraction of sp³-hybridized carbons (Fsp3) is 0.389. The Kier molecular flexibility index (Phi) is 33.0. The van der Waals surface area contributed by atoms with Crippen LogP contribution in [0.25, 0.3) is 31.3 Å². The molecule has 0 saturated carbocycles. The number of azide groups is 3. The van der Waals surface area contributed by atoms with Crippen molar-refractivity contribution >= 4 is 58.7 Å². The monoisotopic (exact) mass is 1090 g/mol. The first-order valence-corrected chi connectivity index (χ1v) is 22.2. The van der Waals surface area contributed by atoms with Crippen molar-refractivity contribution in [3.05, 3.63) is 103 Å². The molecule has 0 saturated heterocycles. The third kappa shape index (κ3) is 22.4. The van der Waals surface area contributed by atoms with E-state index in [-0.39, 0.29) is 175 Å². The van der Waals surface area contributed by atoms with Gasteiger partial charge in [-0.25, -0.2) is 4.79 Å². The van der Waals surface area contributed by atoms with E-state index in [1.807, 2.05) is 0 Å². The van der Waals surface area contributed by atoms with Gasteiger partial charge in [-0.2, -0.15) is 0 Å². The van der Waals surface area contributed by atoms with Gasteiger partial charge >= 0.3 is 144 Å². The van der Waals surface area contributed by atoms with E-state index < -0.39 is 22.6 Å². The average molecular weight is 1090 g/mol. The molecule has 59 heavy (non-hydrogen) atoms. The molecule has 23 heteroatoms. The molecule has 0 radical (unpaired) electrons. The number of carbonyl (C=O) groups is 4. The number of ether oxygens (including phenoxy) is 1. The molecule has 1 N–H and O–H groups in total. The average Bonchev–Trinajstić information content (AvgIpc) is 3.13. The van der Waals surface area contributed by atoms with Gasteiger partial charge in [-0.15, -0.1) is 0 Å². The number of phenols is 1. The summed E-state index contributed by atoms with van der Waals surface area (Å²) in [7, 11) is -2.76. The molecular weight excluding hydrogens is 1040 g/mol. The van der Waals surface area contributed by atoms with E-state index in [2.05, 4.69) is 107 Å². The summed E-state index contributed by atoms with van der Waals surface area (Å²) in [6.07, 6.45) is 1.32. The predicted molar refractivity (Wildman–Crippen MR) is 220 cm³/mol. The second-order valence-electron chi connectivity index (χ2n) is 14.4. The molecule has 19 nitrogen and oxygen atoms in total. The minimum atomic E-state index is -2.06. The SMILES string of the molecule is C.CC(C)(C)[Si](C)(C)Oc1ccc(C=O)cc1N=[N+]=[N-].COC(=O)c1ccc(O[Si](C)(C)C(C)(C)C)c(N=[N+]=[N-])c1.O=CO[O-].[Cs+].[Cs+].[H-].[N-]=[N+]=Nc1cc(C=O)ccc1O. The van der Waals surface area contributed by atoms with E-state index in [4.69, 9.17) is 40.6 Å². The van der Waals surface area contributed by atoms with Gasteiger partial charge in [0.25, 0.3) is 6.47 Å². The van der Waals surface area contributed by atoms with Crippen molar-refractivity contribution in [2.45, 2.75) is 85.2 Å². The third-order valence-corrected chi connectivity index (χ3v) is 17.2. The van der Waals surface area contributed by atoms with Gasteiger partial charge in [0.1, 0.15) is 29.8 Å². The summed E-state index contributed by atoms with van der Waals surface area (Å²) in [5.41, 5.74) is 27.2. The number of carbonyl (C=O) groups excluding carboxylic acids is 4. The standard InChI is InChI=1S/C14H21N3O3Si.C13H19N3O2Si.C7H5N3O2.CH2O3.CH4.2Cs.H/c1-14(2,3)21(5,6)20-12-8-7-10(13(18)19-4)9-11(12)16-17-15;1-13(2,3)19(4,5)18-12-7-6-10(9-17)8-11(12)15-16-14;8-10-9-6-3-5(4-11)1-2-7(6)12;2-1-4-3;;;;/h7-9H,1-6H3;6-9H,1-5H3;1-4,12H;1,3H;1H4;;;/q;;;;;2*+1;-1/p-1. The number of benzene rings is 3. The zero-order valence-corrected chi connectivity index (χ0v) is 49.6. The molecule has 0 fully saturated rings. The van der Waals surface area contributed by atoms with Crippen LogP contribution in [-0.4, -0.2) is 53.9 Å². The van der Waals surface area contributed by atoms with E-state index in [0.29, 0.717) is 52.1 Å². The molecular formula is C36H51Cs2N9O10Si2. The molecule has 3 aromatic carbocycles. The second kappa shape index (κ2) is 30.7. The molecule has 3 rings (SSSR count). The molecule has 3 aromatic rings. The van der Waals surface area contributed by atoms with Crippen molar-refractivity contribution in [2.24, 2.45) is 15.3 Å². The Bertz CT molecular complexity index is 2000. The Morgan fingerprint density at radius 1 is 0.712 bits per heavy atom. The van der Waals surface area contributed by atoms with E-state index in [9.17, 15) is 14.4 Å². The first-order valence-electron chi connectivity index (χ1n) is 16.4. The maximum Gasteiger partial charge on any atom is 1.00 e. The Morgan fingerprint density at radius 2 is 1.07 bits per heavy atom. The number of rotatable bonds is 11. The zero-order valence-electron chi connectivity index (χ0n) is 36.1. The quantitative estimate of drug-likeness (QED) is 0.0393. The minimum Gasteiger partial charge on any atom is -1.00 e. The van der Waals surface area contributed by atoms with E-state index >= 15 is 0 Å². The van der Waals surface area contributed by atoms with Crippen LogP contribution in [0.5, 0.6) is 17.2 Å². The molecule has 310 valence electrons. The first-order chi connectivity index (χ1) is 26.0. The van der Waals surface area contributed by atoms with E-state index in [0.717, 1.165) is 0 Å². The number of phenolic OH excluding ortho intramolecular Hbond substituents is 1. The summed E-state index contributed by atoms with van der Waals surface area (Å²) >= 11 is 0. The zero-order chi connectivity index (χ0) is 43.3. The number of methoxy groups -OCH3 is 1. The summed E-state index contributed by atoms with van der Waals surface area (Å²) in [5, 5.41) is 28.0. The molecule has 0 aliphatic carbocycles. The fourth-order valence-electron chi connectivity index (χ4n) is 3.39. The van der Waals surface area contributed by atoms with Gasteiger partial charge in [-0.1, -0.05) is 64.3 Å². The number of hydrogen-bond acceptors (Lipinski definition) is 13. The number of aldehydes is 2. The van der Waals surface area contributed by atoms with Gasteiger partial charge in [0.05, 0.1) is 29.7 Å². The molecule has 0 bridgehead atoms. The van der Waals surface area contributed by atoms with Crippen LogP contribution < -0.4 is 152 Å². The Hall–Kier alpha value is -2.23. The van der Waals surface area contributed by atoms with Crippen LogP contribution in [0.2, 0.25) is 36.3 Å². The molecule has 0 aromatic heterocycles. The topological polar surface area (TPSA) is 295 Å². The van der Waals surface area contributed by atoms with Gasteiger partial charge in [-0.3, -0.25) is 14.4 Å². The number of esters is 1. The van der Waals surface area contributed by atoms with Crippen LogP contribution in [0.3, 0.4) is 0 Å². The normalized spacial score (nSPS) is 9.97. The van der Waals surface area contributed by atoms with Gasteiger partial charge in [-0.05, 0) is 107 Å². The second-order valence-corrected chi connectivity index (χ2v) is 23.8. The number of hydrogen-bond donors (Lipinski definition) is 1. The molecule has 0 heterocycles. The van der Waals surface area contributed by atoms with Gasteiger partial charge < -0.3 is 30.3 Å². The van der Waals surface area contributed by atoms with Crippen LogP contribution in [0.1, 0.15) is 81.5 Å². The van der Waals surface area contributed by atoms with Crippen LogP contribution in [-0.2, 0) is 14.4 Å².